The summed E-state index contributed by atoms with van der Waals surface area (Å²) in [6, 6.07) is 25.1. The molecule has 260 valence electrons. The predicted octanol–water partition coefficient (Wildman–Crippen LogP) is 6.57. The lowest BCUT2D eigenvalue weighted by Gasteiger charge is -2.37. The zero-order chi connectivity index (χ0) is 35.7. The Labute approximate surface area is 290 Å². The summed E-state index contributed by atoms with van der Waals surface area (Å²) in [5.41, 5.74) is 1.87. The molecule has 0 aromatic heterocycles. The molecule has 1 amide bonds. The number of rotatable bonds is 14. The fraction of sp³-hybridized carbons (Fsp3) is 0.256. The number of alkyl carbamates (subject to hydrolysis) is 1. The number of esters is 2. The van der Waals surface area contributed by atoms with Crippen molar-refractivity contribution >= 4 is 34.9 Å². The van der Waals surface area contributed by atoms with Gasteiger partial charge in [0.2, 0.25) is 6.29 Å². The number of hydrogen-bond donors (Lipinski definition) is 1. The maximum absolute atomic E-state index is 13.7. The van der Waals surface area contributed by atoms with E-state index in [4.69, 9.17) is 33.2 Å². The van der Waals surface area contributed by atoms with Crippen LogP contribution in [0.15, 0.2) is 97.1 Å². The smallest absolute Gasteiger partial charge is 0.409 e. The first-order valence-corrected chi connectivity index (χ1v) is 15.9. The minimum Gasteiger partial charge on any atom is -0.493 e. The van der Waals surface area contributed by atoms with Crippen LogP contribution in [0.5, 0.6) is 17.2 Å². The van der Waals surface area contributed by atoms with Gasteiger partial charge in [0.25, 0.3) is 0 Å². The molecule has 0 saturated carbocycles. The Balaban J connectivity index is 1.35. The molecule has 1 heterocycles. The van der Waals surface area contributed by atoms with Crippen molar-refractivity contribution in [3.63, 3.8) is 0 Å². The summed E-state index contributed by atoms with van der Waals surface area (Å²) in [6.07, 6.45) is 2.12. The van der Waals surface area contributed by atoms with Crippen molar-refractivity contribution in [2.24, 2.45) is 0 Å². The van der Waals surface area contributed by atoms with Gasteiger partial charge in [-0.1, -0.05) is 67.2 Å². The second-order valence-electron chi connectivity index (χ2n) is 11.3. The highest BCUT2D eigenvalue weighted by atomic mass is 16.7. The van der Waals surface area contributed by atoms with Crippen molar-refractivity contribution in [2.75, 3.05) is 40.6 Å². The zero-order valence-corrected chi connectivity index (χ0v) is 28.4. The molecule has 1 N–H and O–H groups in total. The first-order chi connectivity index (χ1) is 24.2. The van der Waals surface area contributed by atoms with Gasteiger partial charge in [0.1, 0.15) is 19.0 Å². The van der Waals surface area contributed by atoms with E-state index in [0.29, 0.717) is 28.2 Å². The Morgan fingerprint density at radius 3 is 2.16 bits per heavy atom. The van der Waals surface area contributed by atoms with E-state index in [9.17, 15) is 14.4 Å². The second-order valence-corrected chi connectivity index (χ2v) is 11.3. The first-order valence-electron chi connectivity index (χ1n) is 15.9. The third kappa shape index (κ3) is 7.74. The van der Waals surface area contributed by atoms with E-state index >= 15 is 0 Å². The van der Waals surface area contributed by atoms with Gasteiger partial charge in [-0.25, -0.2) is 14.4 Å². The van der Waals surface area contributed by atoms with E-state index in [2.05, 4.69) is 11.9 Å². The fourth-order valence-electron chi connectivity index (χ4n) is 5.54. The number of fused-ring (bicyclic) bond motifs is 3. The summed E-state index contributed by atoms with van der Waals surface area (Å²) in [7, 11) is 3.08. The summed E-state index contributed by atoms with van der Waals surface area (Å²) >= 11 is 0. The average molecular weight is 682 g/mol. The molecule has 11 nitrogen and oxygen atoms in total. The maximum Gasteiger partial charge on any atom is 0.409 e. The van der Waals surface area contributed by atoms with E-state index in [1.165, 1.54) is 21.0 Å². The molecule has 0 saturated heterocycles. The van der Waals surface area contributed by atoms with E-state index in [1.54, 1.807) is 19.2 Å². The lowest BCUT2D eigenvalue weighted by Crippen LogP contribution is -2.34. The SMILES string of the molecule is C=C(C)C(=O)OCCNC(=O)OC(C)OCCOC(=O)c1cc2c(OC)c(OC)ccc2c2c1C=CC(c1ccccc1)(c1ccccc1)O2. The standard InChI is InChI=1S/C39H39NO10/c1-25(2)36(41)47-21-20-40-38(43)49-26(3)46-22-23-48-37(42)32-24-31-29(16-17-33(44-4)35(31)45-5)34-30(32)18-19-39(50-34,27-12-8-6-9-13-27)28-14-10-7-11-15-28/h6-19,24,26H,1,20-23H2,2-5H3,(H,40,43). The van der Waals surface area contributed by atoms with Crippen molar-refractivity contribution in [1.82, 2.24) is 5.32 Å². The highest BCUT2D eigenvalue weighted by Crippen LogP contribution is 2.49. The number of methoxy groups -OCH3 is 2. The van der Waals surface area contributed by atoms with Crippen molar-refractivity contribution in [3.05, 3.63) is 119 Å². The minimum atomic E-state index is -0.997. The minimum absolute atomic E-state index is 0.0389. The molecule has 1 aliphatic rings. The molecule has 0 spiro atoms. The van der Waals surface area contributed by atoms with Crippen LogP contribution >= 0.6 is 0 Å². The molecule has 0 bridgehead atoms. The van der Waals surface area contributed by atoms with E-state index < -0.39 is 29.9 Å². The van der Waals surface area contributed by atoms with Gasteiger partial charge in [-0.15, -0.1) is 0 Å². The van der Waals surface area contributed by atoms with Crippen LogP contribution in [0.3, 0.4) is 0 Å². The molecule has 0 radical (unpaired) electrons. The number of hydrogen-bond acceptors (Lipinski definition) is 10. The monoisotopic (exact) mass is 681 g/mol. The summed E-state index contributed by atoms with van der Waals surface area (Å²) in [4.78, 5) is 37.2. The number of amides is 1. The zero-order valence-electron chi connectivity index (χ0n) is 28.4. The molecule has 1 aliphatic heterocycles. The van der Waals surface area contributed by atoms with Gasteiger partial charge < -0.3 is 38.5 Å². The highest BCUT2D eigenvalue weighted by Gasteiger charge is 2.39. The Bertz CT molecular complexity index is 1850. The van der Waals surface area contributed by atoms with Crippen LogP contribution in [0.4, 0.5) is 4.79 Å². The van der Waals surface area contributed by atoms with Crippen LogP contribution in [0.25, 0.3) is 16.8 Å². The first kappa shape index (κ1) is 35.5. The molecule has 11 heteroatoms. The van der Waals surface area contributed by atoms with Gasteiger partial charge in [-0.3, -0.25) is 0 Å². The third-order valence-electron chi connectivity index (χ3n) is 7.92. The molecule has 1 atom stereocenters. The van der Waals surface area contributed by atoms with Crippen molar-refractivity contribution in [2.45, 2.75) is 25.7 Å². The summed E-state index contributed by atoms with van der Waals surface area (Å²) in [5.74, 6) is 0.233. The molecular formula is C39H39NO10. The lowest BCUT2D eigenvalue weighted by molar-refractivity contribution is -0.138. The Kier molecular flexibility index (Phi) is 11.4. The fourth-order valence-corrected chi connectivity index (χ4v) is 5.54. The van der Waals surface area contributed by atoms with Crippen LogP contribution in [0.2, 0.25) is 0 Å². The molecule has 50 heavy (non-hydrogen) atoms. The number of nitrogens with one attached hydrogen (secondary N) is 1. The van der Waals surface area contributed by atoms with Crippen LogP contribution in [0.1, 0.15) is 40.9 Å². The van der Waals surface area contributed by atoms with E-state index in [0.717, 1.165) is 16.5 Å². The molecule has 4 aromatic rings. The van der Waals surface area contributed by atoms with Crippen LogP contribution in [0, 0.1) is 0 Å². The molecule has 5 rings (SSSR count). The second kappa shape index (κ2) is 16.1. The lowest BCUT2D eigenvalue weighted by atomic mass is 9.82. The van der Waals surface area contributed by atoms with Gasteiger partial charge in [-0.05, 0) is 44.2 Å². The normalized spacial score (nSPS) is 13.3. The number of carbonyl (C=O) groups is 3. The Morgan fingerprint density at radius 1 is 0.860 bits per heavy atom. The van der Waals surface area contributed by atoms with Gasteiger partial charge >= 0.3 is 18.0 Å². The predicted molar refractivity (Wildman–Crippen MR) is 186 cm³/mol. The van der Waals surface area contributed by atoms with Crippen LogP contribution < -0.4 is 19.5 Å². The number of benzene rings is 4. The van der Waals surface area contributed by atoms with Gasteiger partial charge in [-0.2, -0.15) is 0 Å². The molecule has 0 aliphatic carbocycles. The summed E-state index contributed by atoms with van der Waals surface area (Å²) < 4.78 is 39.6. The third-order valence-corrected chi connectivity index (χ3v) is 7.92. The molecule has 4 aromatic carbocycles. The highest BCUT2D eigenvalue weighted by molar-refractivity contribution is 6.06. The van der Waals surface area contributed by atoms with Crippen LogP contribution in [-0.2, 0) is 29.3 Å². The van der Waals surface area contributed by atoms with Crippen molar-refractivity contribution in [3.8, 4) is 17.2 Å². The number of ether oxygens (including phenoxy) is 7. The average Bonchev–Trinajstić information content (AvgIpc) is 3.14. The largest absolute Gasteiger partial charge is 0.493 e. The van der Waals surface area contributed by atoms with Crippen molar-refractivity contribution in [1.29, 1.82) is 0 Å². The Morgan fingerprint density at radius 2 is 1.54 bits per heavy atom. The summed E-state index contributed by atoms with van der Waals surface area (Å²) in [5, 5.41) is 3.77. The molecular weight excluding hydrogens is 642 g/mol. The Hall–Kier alpha value is -5.81. The van der Waals surface area contributed by atoms with Gasteiger partial charge in [0.15, 0.2) is 17.1 Å². The summed E-state index contributed by atoms with van der Waals surface area (Å²) in [6.45, 7) is 6.36. The van der Waals surface area contributed by atoms with E-state index in [-0.39, 0.29) is 37.5 Å². The number of carbonyl (C=O) groups excluding carboxylic acids is 3. The van der Waals surface area contributed by atoms with Gasteiger partial charge in [0.05, 0.1) is 32.9 Å². The quantitative estimate of drug-likeness (QED) is 0.0513. The maximum atomic E-state index is 13.7. The topological polar surface area (TPSA) is 128 Å². The van der Waals surface area contributed by atoms with Crippen LogP contribution in [-0.4, -0.2) is 64.9 Å². The van der Waals surface area contributed by atoms with E-state index in [1.807, 2.05) is 78.9 Å². The van der Waals surface area contributed by atoms with Crippen molar-refractivity contribution < 1.29 is 47.5 Å². The van der Waals surface area contributed by atoms with Gasteiger partial charge in [0, 0.05) is 33.0 Å². The molecule has 1 unspecified atom stereocenters. The molecule has 0 fully saturated rings.